The van der Waals surface area contributed by atoms with Gasteiger partial charge in [-0.15, -0.1) is 0 Å². The van der Waals surface area contributed by atoms with Gasteiger partial charge in [0.2, 0.25) is 5.95 Å². The minimum Gasteiger partial charge on any atom is -0.364 e. The highest BCUT2D eigenvalue weighted by molar-refractivity contribution is 5.84. The van der Waals surface area contributed by atoms with Crippen LogP contribution in [0.5, 0.6) is 0 Å². The molecule has 3 N–H and O–H groups in total. The van der Waals surface area contributed by atoms with E-state index in [4.69, 9.17) is 0 Å². The Balaban J connectivity index is 1.58. The largest absolute Gasteiger partial charge is 0.364 e. The molecular weight excluding hydrogens is 304 g/mol. The average molecular weight is 318 g/mol. The van der Waals surface area contributed by atoms with E-state index in [9.17, 15) is 0 Å². The second kappa shape index (κ2) is 6.29. The summed E-state index contributed by atoms with van der Waals surface area (Å²) in [5.41, 5.74) is 2.38. The van der Waals surface area contributed by atoms with E-state index >= 15 is 0 Å². The van der Waals surface area contributed by atoms with Crippen molar-refractivity contribution in [1.29, 1.82) is 0 Å². The zero-order valence-corrected chi connectivity index (χ0v) is 12.6. The van der Waals surface area contributed by atoms with Crippen molar-refractivity contribution in [3.63, 3.8) is 0 Å². The summed E-state index contributed by atoms with van der Waals surface area (Å²) in [5, 5.41) is 6.39. The smallest absolute Gasteiger partial charge is 0.208 e. The summed E-state index contributed by atoms with van der Waals surface area (Å²) in [7, 11) is 0. The minimum absolute atomic E-state index is 0.564. The van der Waals surface area contributed by atoms with Crippen molar-refractivity contribution in [2.75, 3.05) is 10.6 Å². The Morgan fingerprint density at radius 2 is 2.00 bits per heavy atom. The molecule has 4 aromatic heterocycles. The van der Waals surface area contributed by atoms with Gasteiger partial charge in [0.05, 0.1) is 0 Å². The molecule has 24 heavy (non-hydrogen) atoms. The first kappa shape index (κ1) is 14.1. The normalized spacial score (nSPS) is 10.7. The van der Waals surface area contributed by atoms with Crippen LogP contribution in [0.3, 0.4) is 0 Å². The van der Waals surface area contributed by atoms with E-state index in [-0.39, 0.29) is 0 Å². The minimum atomic E-state index is 0.564. The van der Waals surface area contributed by atoms with E-state index in [1.165, 1.54) is 6.33 Å². The first-order valence-electron chi connectivity index (χ1n) is 7.40. The van der Waals surface area contributed by atoms with Crippen LogP contribution in [0.25, 0.3) is 11.2 Å². The maximum absolute atomic E-state index is 4.41. The molecule has 0 spiro atoms. The van der Waals surface area contributed by atoms with Crippen LogP contribution in [0, 0.1) is 0 Å². The summed E-state index contributed by atoms with van der Waals surface area (Å²) in [6, 6.07) is 9.52. The Morgan fingerprint density at radius 1 is 1.00 bits per heavy atom. The first-order valence-corrected chi connectivity index (χ1v) is 7.40. The van der Waals surface area contributed by atoms with Gasteiger partial charge in [0.1, 0.15) is 17.7 Å². The highest BCUT2D eigenvalue weighted by Gasteiger charge is 2.10. The quantitative estimate of drug-likeness (QED) is 0.519. The van der Waals surface area contributed by atoms with Crippen molar-refractivity contribution >= 4 is 28.7 Å². The van der Waals surface area contributed by atoms with E-state index in [0.717, 1.165) is 11.1 Å². The predicted molar refractivity (Wildman–Crippen MR) is 90.8 cm³/mol. The van der Waals surface area contributed by atoms with Gasteiger partial charge in [-0.1, -0.05) is 12.1 Å². The van der Waals surface area contributed by atoms with Crippen LogP contribution < -0.4 is 10.6 Å². The van der Waals surface area contributed by atoms with Crippen LogP contribution in [0.2, 0.25) is 0 Å². The molecule has 0 atom stereocenters. The van der Waals surface area contributed by atoms with Crippen molar-refractivity contribution in [2.24, 2.45) is 0 Å². The van der Waals surface area contributed by atoms with Gasteiger partial charge in [-0.2, -0.15) is 4.98 Å². The molecular formula is C16H14N8. The molecule has 0 aliphatic heterocycles. The fourth-order valence-electron chi connectivity index (χ4n) is 2.27. The highest BCUT2D eigenvalue weighted by Crippen LogP contribution is 2.20. The van der Waals surface area contributed by atoms with Gasteiger partial charge in [-0.25, -0.2) is 15.0 Å². The number of hydrogen-bond acceptors (Lipinski definition) is 7. The summed E-state index contributed by atoms with van der Waals surface area (Å²) in [4.78, 5) is 24.4. The van der Waals surface area contributed by atoms with E-state index in [1.807, 2.05) is 36.5 Å². The Morgan fingerprint density at radius 3 is 2.83 bits per heavy atom. The fourth-order valence-corrected chi connectivity index (χ4v) is 2.27. The van der Waals surface area contributed by atoms with Crippen LogP contribution in [0.1, 0.15) is 5.56 Å². The van der Waals surface area contributed by atoms with E-state index in [2.05, 4.69) is 40.5 Å². The molecule has 118 valence electrons. The molecule has 4 heterocycles. The van der Waals surface area contributed by atoms with Crippen molar-refractivity contribution in [2.45, 2.75) is 6.54 Å². The van der Waals surface area contributed by atoms with Crippen LogP contribution in [-0.4, -0.2) is 29.9 Å². The number of fused-ring (bicyclic) bond motifs is 1. The second-order valence-electron chi connectivity index (χ2n) is 5.06. The third-order valence-corrected chi connectivity index (χ3v) is 3.38. The number of H-pyrrole nitrogens is 1. The van der Waals surface area contributed by atoms with Gasteiger partial charge < -0.3 is 15.6 Å². The summed E-state index contributed by atoms with van der Waals surface area (Å²) in [6.07, 6.45) is 6.76. The Kier molecular flexibility index (Phi) is 3.69. The number of hydrogen-bond donors (Lipinski definition) is 3. The average Bonchev–Trinajstić information content (AvgIpc) is 3.04. The van der Waals surface area contributed by atoms with Gasteiger partial charge >= 0.3 is 0 Å². The molecule has 0 aromatic carbocycles. The molecule has 0 unspecified atom stereocenters. The SMILES string of the molecule is c1ccc(Nc2nc3ncnc(NCc4cccnc4)c3[nH]2)nc1. The molecule has 0 bridgehead atoms. The van der Waals surface area contributed by atoms with Crippen LogP contribution in [0.15, 0.2) is 55.2 Å². The molecule has 4 aromatic rings. The number of nitrogens with one attached hydrogen (secondary N) is 3. The number of nitrogens with zero attached hydrogens (tertiary/aromatic N) is 5. The topological polar surface area (TPSA) is 104 Å². The number of pyridine rings is 2. The van der Waals surface area contributed by atoms with Gasteiger partial charge in [0, 0.05) is 25.1 Å². The van der Waals surface area contributed by atoms with E-state index in [1.54, 1.807) is 12.4 Å². The third kappa shape index (κ3) is 2.98. The molecule has 0 aliphatic rings. The van der Waals surface area contributed by atoms with Crippen molar-refractivity contribution in [3.8, 4) is 0 Å². The second-order valence-corrected chi connectivity index (χ2v) is 5.06. The lowest BCUT2D eigenvalue weighted by atomic mass is 10.3. The Labute approximate surface area is 137 Å². The molecule has 0 amide bonds. The molecule has 0 saturated carbocycles. The monoisotopic (exact) mass is 318 g/mol. The highest BCUT2D eigenvalue weighted by atomic mass is 15.2. The lowest BCUT2D eigenvalue weighted by molar-refractivity contribution is 1.08. The maximum atomic E-state index is 4.41. The van der Waals surface area contributed by atoms with Crippen LogP contribution >= 0.6 is 0 Å². The molecule has 4 rings (SSSR count). The standard InChI is InChI=1S/C16H14N8/c1-2-7-18-12(5-1)22-16-23-13-14(20-10-21-15(13)24-16)19-9-11-4-3-6-17-8-11/h1-8,10H,9H2,(H3,18,19,20,21,22,23,24). The number of imidazole rings is 1. The Hall–Kier alpha value is -3.55. The first-order chi connectivity index (χ1) is 11.9. The fraction of sp³-hybridized carbons (Fsp3) is 0.0625. The number of anilines is 3. The van der Waals surface area contributed by atoms with E-state index in [0.29, 0.717) is 29.8 Å². The maximum Gasteiger partial charge on any atom is 0.208 e. The van der Waals surface area contributed by atoms with Gasteiger partial charge in [-0.05, 0) is 23.8 Å². The number of aromatic amines is 1. The molecule has 0 radical (unpaired) electrons. The van der Waals surface area contributed by atoms with E-state index < -0.39 is 0 Å². The predicted octanol–water partition coefficient (Wildman–Crippen LogP) is 2.50. The summed E-state index contributed by atoms with van der Waals surface area (Å²) in [5.74, 6) is 1.95. The number of aromatic nitrogens is 6. The molecule has 0 saturated heterocycles. The van der Waals surface area contributed by atoms with Crippen LogP contribution in [-0.2, 0) is 6.54 Å². The molecule has 8 heteroatoms. The molecule has 0 fully saturated rings. The third-order valence-electron chi connectivity index (χ3n) is 3.38. The zero-order valence-electron chi connectivity index (χ0n) is 12.6. The van der Waals surface area contributed by atoms with Gasteiger partial charge in [0.15, 0.2) is 11.5 Å². The molecule has 8 nitrogen and oxygen atoms in total. The van der Waals surface area contributed by atoms with Gasteiger partial charge in [0.25, 0.3) is 0 Å². The van der Waals surface area contributed by atoms with Crippen molar-refractivity contribution < 1.29 is 0 Å². The van der Waals surface area contributed by atoms with Crippen molar-refractivity contribution in [1.82, 2.24) is 29.9 Å². The Bertz CT molecular complexity index is 936. The van der Waals surface area contributed by atoms with Crippen LogP contribution in [0.4, 0.5) is 17.6 Å². The van der Waals surface area contributed by atoms with Crippen molar-refractivity contribution in [3.05, 3.63) is 60.8 Å². The number of rotatable bonds is 5. The van der Waals surface area contributed by atoms with Gasteiger partial charge in [-0.3, -0.25) is 4.98 Å². The molecule has 0 aliphatic carbocycles. The summed E-state index contributed by atoms with van der Waals surface area (Å²) < 4.78 is 0. The lowest BCUT2D eigenvalue weighted by Crippen LogP contribution is -2.02. The summed E-state index contributed by atoms with van der Waals surface area (Å²) >= 11 is 0. The lowest BCUT2D eigenvalue weighted by Gasteiger charge is -2.05. The zero-order chi connectivity index (χ0) is 16.2. The summed E-state index contributed by atoms with van der Waals surface area (Å²) in [6.45, 7) is 0.613.